The van der Waals surface area contributed by atoms with Gasteiger partial charge in [-0.05, 0) is 216 Å². The van der Waals surface area contributed by atoms with E-state index in [1.54, 1.807) is 113 Å². The predicted molar refractivity (Wildman–Crippen MR) is 546 cm³/mol. The molecule has 0 fully saturated rings. The van der Waals surface area contributed by atoms with Gasteiger partial charge in [0.05, 0.1) is 122 Å². The van der Waals surface area contributed by atoms with E-state index in [4.69, 9.17) is 120 Å². The number of nitrogen functional groups attached to an aromatic ring is 3. The van der Waals surface area contributed by atoms with Crippen molar-refractivity contribution in [3.05, 3.63) is 289 Å². The molecule has 0 aliphatic rings. The zero-order chi connectivity index (χ0) is 101. The Balaban J connectivity index is 0.000000777. The number of ether oxygens (including phenoxy) is 12. The molecule has 11 aromatic rings. The fourth-order valence-electron chi connectivity index (χ4n) is 11.9. The quantitative estimate of drug-likeness (QED) is 0.00475. The van der Waals surface area contributed by atoms with Gasteiger partial charge in [-0.2, -0.15) is 4.98 Å². The monoisotopic (exact) mass is 2100 g/mol. The Hall–Kier alpha value is -12.4. The van der Waals surface area contributed by atoms with Crippen LogP contribution >= 0.6 is 83.4 Å². The molecule has 0 unspecified atom stereocenters. The summed E-state index contributed by atoms with van der Waals surface area (Å²) in [7, 11) is 18.7. The summed E-state index contributed by atoms with van der Waals surface area (Å²) in [5.74, 6) is 5.88. The van der Waals surface area contributed by atoms with Crippen LogP contribution < -0.4 is 108 Å². The molecule has 0 bridgehead atoms. The Bertz CT molecular complexity index is 5880. The van der Waals surface area contributed by atoms with E-state index in [9.17, 15) is 44.0 Å². The van der Waals surface area contributed by atoms with Crippen molar-refractivity contribution in [3.63, 3.8) is 0 Å². The predicted octanol–water partition coefficient (Wildman–Crippen LogP) is 21.3. The van der Waals surface area contributed by atoms with Gasteiger partial charge in [-0.1, -0.05) is 105 Å². The first kappa shape index (κ1) is 121. The molecule has 736 valence electrons. The number of aromatic amines is 4. The number of halogens is 6. The van der Waals surface area contributed by atoms with Crippen molar-refractivity contribution in [2.75, 3.05) is 103 Å². The van der Waals surface area contributed by atoms with Gasteiger partial charge >= 0.3 is 11.4 Å². The number of H-pyrrole nitrogens is 4. The molecular formula is C93H121Br2Cl4N14O21P. The van der Waals surface area contributed by atoms with Crippen LogP contribution in [0.15, 0.2) is 175 Å². The fourth-order valence-corrected chi connectivity index (χ4v) is 14.1. The lowest BCUT2D eigenvalue weighted by Crippen LogP contribution is -2.24. The number of benzene rings is 7. The second kappa shape index (κ2) is 59.4. The molecule has 4 aromatic heterocycles. The molecule has 11 rings (SSSR count). The van der Waals surface area contributed by atoms with Crippen LogP contribution in [0.1, 0.15) is 168 Å². The highest BCUT2D eigenvalue weighted by atomic mass is 79.9. The molecule has 4 heterocycles. The minimum absolute atomic E-state index is 0. The zero-order valence-corrected chi connectivity index (χ0v) is 86.0. The molecule has 13 N–H and O–H groups in total. The minimum atomic E-state index is -3.07. The standard InChI is InChI=1S/C16H18Cl2N2O2.C16H22N4O2.C16H20N2O4.C11H13NO4.C11H17NO2.C8H8BrNO4.C6H5Cl2OP.C4H3BrN2O2.C4H8.CH4.H3N/c2*1-9(2)12-7-14(22-4)13(21-3)6-10(12)5-11-8-19-16(18)20-15(11)17;1-9(2)12-7-14(22-4)13(21-3)6-10(12)5-11-8-17-16(20)18-15(11)19;1-7(2)8-5-10(15-3)11(16-4)6-9(8)12(13)14;1-7(2)8-5-10(13-3)11(14-4)6-9(8)12;1-13-7-3-5(9)6(10(11)12)4-8(7)14-2;7-10(8,9)6-4-2-1-3-5-6;5-2-1-6-4(9)7-3(2)8;1-4(2)3;;/h6-9H,5H2,1-4H3;6-9H,5H2,1-4H3,(H4,17,18,19,20);6-9H,5H2,1-4H3,(H2,17,18,19,20);5-6H,1H2,2-4H3;5-7H,12H2,1-4H3;3-4H,1-2H3;1-5H;1H,(H2,6,7,8,9);1H2,2-3H3;1H4;1H3. The van der Waals surface area contributed by atoms with E-state index in [1.165, 1.54) is 75.7 Å². The highest BCUT2D eigenvalue weighted by Gasteiger charge is 2.24. The van der Waals surface area contributed by atoms with E-state index in [1.807, 2.05) is 67.4 Å². The van der Waals surface area contributed by atoms with Crippen LogP contribution in [-0.4, -0.2) is 135 Å². The summed E-state index contributed by atoms with van der Waals surface area (Å²) in [6, 6.07) is 29.8. The number of nitrogens with one attached hydrogen (secondary N) is 4. The summed E-state index contributed by atoms with van der Waals surface area (Å²) < 4.78 is 74.2. The normalized spacial score (nSPS) is 10.2. The number of nitro groups is 2. The van der Waals surface area contributed by atoms with E-state index in [0.29, 0.717) is 136 Å². The topological polar surface area (TPSA) is 510 Å². The molecule has 135 heavy (non-hydrogen) atoms. The van der Waals surface area contributed by atoms with Crippen LogP contribution in [0, 0.1) is 20.2 Å². The molecule has 0 saturated carbocycles. The molecule has 0 aliphatic carbocycles. The maximum atomic E-state index is 11.9. The van der Waals surface area contributed by atoms with Gasteiger partial charge in [0.15, 0.2) is 69.0 Å². The van der Waals surface area contributed by atoms with E-state index in [0.717, 1.165) is 56.1 Å². The summed E-state index contributed by atoms with van der Waals surface area (Å²) in [6.07, 6.45) is 7.67. The largest absolute Gasteiger partial charge is 0.493 e. The van der Waals surface area contributed by atoms with Gasteiger partial charge in [0.2, 0.25) is 11.2 Å². The van der Waals surface area contributed by atoms with Gasteiger partial charge in [0.1, 0.15) is 11.0 Å². The maximum Gasteiger partial charge on any atom is 0.325 e. The average molecular weight is 2100 g/mol. The van der Waals surface area contributed by atoms with Gasteiger partial charge in [-0.25, -0.2) is 24.5 Å². The van der Waals surface area contributed by atoms with Gasteiger partial charge in [-0.15, -0.1) is 6.58 Å². The van der Waals surface area contributed by atoms with Crippen molar-refractivity contribution in [1.82, 2.24) is 46.0 Å². The lowest BCUT2D eigenvalue weighted by molar-refractivity contribution is -0.385. The van der Waals surface area contributed by atoms with Crippen LogP contribution in [0.5, 0.6) is 69.0 Å². The third-order valence-electron chi connectivity index (χ3n) is 18.4. The van der Waals surface area contributed by atoms with Gasteiger partial charge in [0.25, 0.3) is 28.3 Å². The Labute approximate surface area is 821 Å². The first-order valence-corrected chi connectivity index (χ1v) is 45.8. The first-order valence-electron chi connectivity index (χ1n) is 40.0. The number of anilines is 3. The van der Waals surface area contributed by atoms with Crippen molar-refractivity contribution >= 4 is 123 Å². The van der Waals surface area contributed by atoms with E-state index in [-0.39, 0.29) is 47.7 Å². The number of nitrogens with two attached hydrogens (primary N) is 3. The van der Waals surface area contributed by atoms with Crippen molar-refractivity contribution in [3.8, 4) is 69.0 Å². The van der Waals surface area contributed by atoms with Crippen LogP contribution in [0.4, 0.5) is 28.8 Å². The molecule has 0 radical (unpaired) electrons. The van der Waals surface area contributed by atoms with Gasteiger partial charge < -0.3 is 90.2 Å². The maximum absolute atomic E-state index is 11.9. The lowest BCUT2D eigenvalue weighted by atomic mass is 9.92. The molecular weight excluding hydrogens is 1980 g/mol. The summed E-state index contributed by atoms with van der Waals surface area (Å²) in [5.41, 5.74) is 28.3. The Kier molecular flexibility index (Phi) is 53.1. The molecule has 0 aliphatic heterocycles. The van der Waals surface area contributed by atoms with Crippen molar-refractivity contribution < 1.29 is 71.3 Å². The van der Waals surface area contributed by atoms with Crippen molar-refractivity contribution in [2.24, 2.45) is 0 Å². The SMILES string of the molecule is C.C=C(C)C.C=C(C)c1cc(OC)c(OC)cc1[N+](=O)[O-].COc1cc(Br)c([N+](=O)[O-])cc1OC.COc1cc(Cc2c[nH]c(=O)[nH]c2=O)c(C(C)C)cc1OC.COc1cc(Cc2cnc(Cl)nc2Cl)c(C(C)C)cc1OC.COc1cc(Cc2cnc(N)nc2N)c(C(C)C)cc1OC.COc1cc(N)c(C(C)C)cc1OC.N.O=P(Cl)(Cl)c1ccccc1.O=c1[nH]cc(Br)c(=O)[nH]1. The number of hydrogen-bond donors (Lipinski definition) is 8. The molecule has 35 nitrogen and oxygen atoms in total. The summed E-state index contributed by atoms with van der Waals surface area (Å²) in [5, 5.41) is 22.4. The van der Waals surface area contributed by atoms with Crippen LogP contribution in [0.2, 0.25) is 10.4 Å². The Morgan fingerprint density at radius 3 is 1.13 bits per heavy atom. The van der Waals surface area contributed by atoms with E-state index < -0.39 is 32.6 Å². The number of rotatable bonds is 26. The highest BCUT2D eigenvalue weighted by Crippen LogP contribution is 2.55. The number of allylic oxidation sites excluding steroid dienone is 2. The molecule has 42 heteroatoms. The molecule has 7 aromatic carbocycles. The minimum Gasteiger partial charge on any atom is -0.493 e. The molecule has 0 spiro atoms. The van der Waals surface area contributed by atoms with Crippen LogP contribution in [0.3, 0.4) is 0 Å². The van der Waals surface area contributed by atoms with E-state index >= 15 is 0 Å². The fraction of sp³-hybridized carbons (Fsp3) is 0.333. The highest BCUT2D eigenvalue weighted by molar-refractivity contribution is 9.10. The number of hydrogen-bond acceptors (Lipinski definition) is 29. The number of nitro benzene ring substituents is 2. The second-order valence-electron chi connectivity index (χ2n) is 29.5. The van der Waals surface area contributed by atoms with Gasteiger partial charge in [0, 0.05) is 83.9 Å². The number of methoxy groups -OCH3 is 12. The second-order valence-corrected chi connectivity index (χ2v) is 36.7. The number of aromatic nitrogens is 8. The molecule has 0 atom stereocenters. The van der Waals surface area contributed by atoms with Gasteiger partial charge in [-0.3, -0.25) is 44.4 Å². The third kappa shape index (κ3) is 38.2. The smallest absolute Gasteiger partial charge is 0.325 e. The lowest BCUT2D eigenvalue weighted by Gasteiger charge is -2.17. The summed E-state index contributed by atoms with van der Waals surface area (Å²) in [6.45, 7) is 29.8. The average Bonchev–Trinajstić information content (AvgIpc) is 0.826. The van der Waals surface area contributed by atoms with Crippen LogP contribution in [-0.2, 0) is 23.8 Å². The first-order chi connectivity index (χ1) is 62.6. The third-order valence-corrected chi connectivity index (χ3v) is 22.2. The Morgan fingerprint density at radius 1 is 0.452 bits per heavy atom. The van der Waals surface area contributed by atoms with Crippen LogP contribution in [0.25, 0.3) is 5.57 Å². The number of nitrogens with zero attached hydrogens (tertiary/aromatic N) is 6. The summed E-state index contributed by atoms with van der Waals surface area (Å²) in [4.78, 5) is 89.3. The molecule has 0 saturated heterocycles. The van der Waals surface area contributed by atoms with Crippen molar-refractivity contribution in [1.29, 1.82) is 0 Å². The zero-order valence-electron chi connectivity index (χ0n) is 78.9. The van der Waals surface area contributed by atoms with Crippen molar-refractivity contribution in [2.45, 2.75) is 127 Å². The summed E-state index contributed by atoms with van der Waals surface area (Å²) >= 11 is 28.6. The molecule has 0 amide bonds. The van der Waals surface area contributed by atoms with E-state index in [2.05, 4.69) is 135 Å². The Morgan fingerprint density at radius 2 is 0.785 bits per heavy atom.